The van der Waals surface area contributed by atoms with E-state index >= 15 is 0 Å². The monoisotopic (exact) mass is 422 g/mol. The van der Waals surface area contributed by atoms with Crippen LogP contribution in [-0.2, 0) is 4.79 Å². The van der Waals surface area contributed by atoms with E-state index in [-0.39, 0.29) is 11.6 Å². The zero-order valence-corrected chi connectivity index (χ0v) is 17.7. The van der Waals surface area contributed by atoms with Crippen molar-refractivity contribution in [1.29, 1.82) is 0 Å². The van der Waals surface area contributed by atoms with Crippen LogP contribution in [0.25, 0.3) is 16.3 Å². The number of nitrogens with zero attached hydrogens (tertiary/aromatic N) is 4. The number of hydrogen-bond acceptors (Lipinski definition) is 6. The molecular weight excluding hydrogens is 400 g/mol. The number of anilines is 1. The molecule has 0 N–H and O–H groups in total. The summed E-state index contributed by atoms with van der Waals surface area (Å²) in [6, 6.07) is 10.4. The summed E-state index contributed by atoms with van der Waals surface area (Å²) in [7, 11) is 0. The second-order valence-corrected chi connectivity index (χ2v) is 8.35. The Morgan fingerprint density at radius 1 is 1.07 bits per heavy atom. The van der Waals surface area contributed by atoms with Crippen molar-refractivity contribution in [3.63, 3.8) is 0 Å². The average molecular weight is 423 g/mol. The number of benzene rings is 2. The molecule has 0 spiro atoms. The van der Waals surface area contributed by atoms with Gasteiger partial charge in [-0.15, -0.1) is 0 Å². The average Bonchev–Trinajstić information content (AvgIpc) is 3.22. The van der Waals surface area contributed by atoms with Gasteiger partial charge in [0.15, 0.2) is 5.13 Å². The van der Waals surface area contributed by atoms with Crippen LogP contribution in [-0.4, -0.2) is 46.9 Å². The summed E-state index contributed by atoms with van der Waals surface area (Å²) >= 11 is 1.71. The standard InChI is InChI=1S/C22H22N4O3S/c1-15-3-4-16(2)21-20(15)23-22(30-21)25-13-11-24(12-14-25)19(27)10-7-17-5-8-18(9-6-17)26(28)29/h3-10H,11-14H2,1-2H3/b10-7-. The molecule has 3 aromatic rings. The molecule has 1 saturated heterocycles. The Morgan fingerprint density at radius 3 is 2.37 bits per heavy atom. The number of nitro benzene ring substituents is 1. The molecule has 0 saturated carbocycles. The molecule has 1 amide bonds. The predicted molar refractivity (Wildman–Crippen MR) is 120 cm³/mol. The van der Waals surface area contributed by atoms with E-state index in [9.17, 15) is 14.9 Å². The number of thiazole rings is 1. The van der Waals surface area contributed by atoms with Crippen LogP contribution in [0.3, 0.4) is 0 Å². The van der Waals surface area contributed by atoms with E-state index in [1.54, 1.807) is 29.5 Å². The zero-order chi connectivity index (χ0) is 21.3. The van der Waals surface area contributed by atoms with E-state index in [2.05, 4.69) is 30.9 Å². The van der Waals surface area contributed by atoms with Gasteiger partial charge in [0.2, 0.25) is 5.91 Å². The third-order valence-electron chi connectivity index (χ3n) is 5.32. The first kappa shape index (κ1) is 20.0. The SMILES string of the molecule is Cc1ccc(C)c2sc(N3CCN(C(=O)/C=C\c4ccc([N+](=O)[O-])cc4)CC3)nc12. The van der Waals surface area contributed by atoms with E-state index in [0.29, 0.717) is 13.1 Å². The van der Waals surface area contributed by atoms with Gasteiger partial charge in [-0.2, -0.15) is 0 Å². The smallest absolute Gasteiger partial charge is 0.269 e. The first-order valence-corrected chi connectivity index (χ1v) is 10.6. The maximum absolute atomic E-state index is 12.5. The Bertz CT molecular complexity index is 1090. The molecule has 154 valence electrons. The van der Waals surface area contributed by atoms with Crippen LogP contribution in [0.15, 0.2) is 42.5 Å². The summed E-state index contributed by atoms with van der Waals surface area (Å²) < 4.78 is 1.23. The molecule has 2 heterocycles. The fourth-order valence-corrected chi connectivity index (χ4v) is 4.64. The number of rotatable bonds is 4. The van der Waals surface area contributed by atoms with Gasteiger partial charge in [0.1, 0.15) is 0 Å². The Hall–Kier alpha value is -3.26. The number of amides is 1. The van der Waals surface area contributed by atoms with Gasteiger partial charge in [-0.1, -0.05) is 23.5 Å². The summed E-state index contributed by atoms with van der Waals surface area (Å²) in [5, 5.41) is 11.7. The molecule has 0 aliphatic carbocycles. The Labute approximate surface area is 178 Å². The number of carbonyl (C=O) groups excluding carboxylic acids is 1. The van der Waals surface area contributed by atoms with Crippen molar-refractivity contribution < 1.29 is 9.72 Å². The lowest BCUT2D eigenvalue weighted by atomic mass is 10.1. The van der Waals surface area contributed by atoms with Gasteiger partial charge < -0.3 is 9.80 Å². The summed E-state index contributed by atoms with van der Waals surface area (Å²) in [5.74, 6) is -0.0519. The molecule has 1 aliphatic heterocycles. The highest BCUT2D eigenvalue weighted by molar-refractivity contribution is 7.22. The molecule has 30 heavy (non-hydrogen) atoms. The van der Waals surface area contributed by atoms with Crippen LogP contribution in [0.2, 0.25) is 0 Å². The predicted octanol–water partition coefficient (Wildman–Crippen LogP) is 4.18. The maximum atomic E-state index is 12.5. The van der Waals surface area contributed by atoms with Crippen LogP contribution < -0.4 is 4.90 Å². The van der Waals surface area contributed by atoms with Gasteiger partial charge in [0, 0.05) is 44.4 Å². The number of piperazine rings is 1. The van der Waals surface area contributed by atoms with Crippen molar-refractivity contribution >= 4 is 44.4 Å². The first-order chi connectivity index (χ1) is 14.4. The number of nitro groups is 1. The third-order valence-corrected chi connectivity index (χ3v) is 6.57. The molecule has 4 rings (SSSR count). The van der Waals surface area contributed by atoms with Gasteiger partial charge in [-0.05, 0) is 48.7 Å². The van der Waals surface area contributed by atoms with Crippen molar-refractivity contribution in [2.75, 3.05) is 31.1 Å². The molecule has 1 aliphatic rings. The van der Waals surface area contributed by atoms with Crippen molar-refractivity contribution in [1.82, 2.24) is 9.88 Å². The minimum absolute atomic E-state index is 0.0369. The third kappa shape index (κ3) is 4.04. The lowest BCUT2D eigenvalue weighted by molar-refractivity contribution is -0.384. The van der Waals surface area contributed by atoms with Crippen LogP contribution in [0, 0.1) is 24.0 Å². The Kier molecular flexibility index (Phi) is 5.50. The molecule has 1 fully saturated rings. The van der Waals surface area contributed by atoms with Crippen molar-refractivity contribution in [3.05, 3.63) is 69.3 Å². The number of carbonyl (C=O) groups is 1. The van der Waals surface area contributed by atoms with Gasteiger partial charge in [-0.25, -0.2) is 4.98 Å². The van der Waals surface area contributed by atoms with Gasteiger partial charge in [-0.3, -0.25) is 14.9 Å². The fourth-order valence-electron chi connectivity index (χ4n) is 3.48. The summed E-state index contributed by atoms with van der Waals surface area (Å²) in [6.07, 6.45) is 3.22. The van der Waals surface area contributed by atoms with Crippen LogP contribution in [0.5, 0.6) is 0 Å². The molecule has 0 bridgehead atoms. The van der Waals surface area contributed by atoms with E-state index in [1.807, 2.05) is 4.90 Å². The van der Waals surface area contributed by atoms with Crippen molar-refractivity contribution in [2.24, 2.45) is 0 Å². The van der Waals surface area contributed by atoms with E-state index < -0.39 is 4.92 Å². The topological polar surface area (TPSA) is 79.6 Å². The maximum Gasteiger partial charge on any atom is 0.269 e. The van der Waals surface area contributed by atoms with Crippen LogP contribution in [0.1, 0.15) is 16.7 Å². The van der Waals surface area contributed by atoms with E-state index in [1.165, 1.54) is 34.0 Å². The number of fused-ring (bicyclic) bond motifs is 1. The molecular formula is C22H22N4O3S. The van der Waals surface area contributed by atoms with Crippen LogP contribution >= 0.6 is 11.3 Å². The summed E-state index contributed by atoms with van der Waals surface area (Å²) in [5.41, 5.74) is 4.29. The minimum atomic E-state index is -0.438. The number of hydrogen-bond donors (Lipinski definition) is 0. The number of non-ortho nitro benzene ring substituents is 1. The number of aryl methyl sites for hydroxylation is 2. The Balaban J connectivity index is 1.38. The summed E-state index contributed by atoms with van der Waals surface area (Å²) in [4.78, 5) is 31.7. The quantitative estimate of drug-likeness (QED) is 0.358. The largest absolute Gasteiger partial charge is 0.345 e. The van der Waals surface area contributed by atoms with E-state index in [0.717, 1.165) is 29.3 Å². The molecule has 0 atom stereocenters. The highest BCUT2D eigenvalue weighted by Crippen LogP contribution is 2.33. The molecule has 1 aromatic heterocycles. The fraction of sp³-hybridized carbons (Fsp3) is 0.273. The lowest BCUT2D eigenvalue weighted by Crippen LogP contribution is -2.48. The van der Waals surface area contributed by atoms with E-state index in [4.69, 9.17) is 4.98 Å². The molecule has 0 radical (unpaired) electrons. The molecule has 0 unspecified atom stereocenters. The second kappa shape index (κ2) is 8.23. The van der Waals surface area contributed by atoms with Crippen molar-refractivity contribution in [3.8, 4) is 0 Å². The highest BCUT2D eigenvalue weighted by atomic mass is 32.1. The lowest BCUT2D eigenvalue weighted by Gasteiger charge is -2.34. The van der Waals surface area contributed by atoms with Gasteiger partial charge >= 0.3 is 0 Å². The zero-order valence-electron chi connectivity index (χ0n) is 16.9. The van der Waals surface area contributed by atoms with Gasteiger partial charge in [0.05, 0.1) is 15.1 Å². The summed E-state index contributed by atoms with van der Waals surface area (Å²) in [6.45, 7) is 6.95. The first-order valence-electron chi connectivity index (χ1n) is 9.75. The number of aromatic nitrogens is 1. The highest BCUT2D eigenvalue weighted by Gasteiger charge is 2.22. The van der Waals surface area contributed by atoms with Crippen LogP contribution in [0.4, 0.5) is 10.8 Å². The minimum Gasteiger partial charge on any atom is -0.345 e. The molecule has 7 nitrogen and oxygen atoms in total. The molecule has 8 heteroatoms. The van der Waals surface area contributed by atoms with Crippen molar-refractivity contribution in [2.45, 2.75) is 13.8 Å². The normalized spacial score (nSPS) is 14.6. The van der Waals surface area contributed by atoms with Gasteiger partial charge in [0.25, 0.3) is 5.69 Å². The Morgan fingerprint density at radius 2 is 1.73 bits per heavy atom. The second-order valence-electron chi connectivity index (χ2n) is 7.37. The molecule has 2 aromatic carbocycles.